The summed E-state index contributed by atoms with van der Waals surface area (Å²) in [6, 6.07) is 11.0. The van der Waals surface area contributed by atoms with Gasteiger partial charge in [0.2, 0.25) is 0 Å². The van der Waals surface area contributed by atoms with Gasteiger partial charge >= 0.3 is 5.97 Å². The van der Waals surface area contributed by atoms with E-state index in [1.165, 1.54) is 7.11 Å². The van der Waals surface area contributed by atoms with E-state index < -0.39 is 5.97 Å². The van der Waals surface area contributed by atoms with E-state index in [9.17, 15) is 4.79 Å². The van der Waals surface area contributed by atoms with Gasteiger partial charge in [-0.25, -0.2) is 4.79 Å². The number of methoxy groups -OCH3 is 2. The van der Waals surface area contributed by atoms with Crippen LogP contribution in [-0.2, 0) is 4.74 Å². The quantitative estimate of drug-likeness (QED) is 0.743. The molecule has 0 spiro atoms. The molecule has 0 fully saturated rings. The summed E-state index contributed by atoms with van der Waals surface area (Å²) in [4.78, 5) is 14.4. The first kappa shape index (κ1) is 12.3. The van der Waals surface area contributed by atoms with Crippen molar-refractivity contribution in [1.29, 1.82) is 0 Å². The fourth-order valence-corrected chi connectivity index (χ4v) is 2.04. The third kappa shape index (κ3) is 2.03. The highest BCUT2D eigenvalue weighted by molar-refractivity contribution is 5.94. The summed E-state index contributed by atoms with van der Waals surface area (Å²) in [5, 5.41) is 0. The van der Waals surface area contributed by atoms with E-state index in [0.29, 0.717) is 11.3 Å². The standard InChI is InChI=1S/C15H13NO4/c1-18-10-5-3-9(4-6-10)13-7-11-14(20-13)8-12(16-11)15(17)19-2/h3-8,16H,1-2H3. The Labute approximate surface area is 115 Å². The molecule has 1 aromatic carbocycles. The molecule has 0 atom stereocenters. The number of rotatable bonds is 3. The van der Waals surface area contributed by atoms with Crippen LogP contribution in [0.4, 0.5) is 0 Å². The average molecular weight is 271 g/mol. The molecule has 0 bridgehead atoms. The molecule has 0 amide bonds. The number of furan rings is 1. The van der Waals surface area contributed by atoms with Crippen molar-refractivity contribution in [2.24, 2.45) is 0 Å². The highest BCUT2D eigenvalue weighted by Gasteiger charge is 2.14. The molecule has 1 N–H and O–H groups in total. The Bertz CT molecular complexity index is 720. The normalized spacial score (nSPS) is 10.7. The monoisotopic (exact) mass is 271 g/mol. The Morgan fingerprint density at radius 3 is 2.50 bits per heavy atom. The molecule has 5 heteroatoms. The van der Waals surface area contributed by atoms with Crippen LogP contribution in [0.25, 0.3) is 22.4 Å². The number of hydrogen-bond acceptors (Lipinski definition) is 4. The van der Waals surface area contributed by atoms with Crippen molar-refractivity contribution in [2.45, 2.75) is 0 Å². The number of fused-ring (bicyclic) bond motifs is 1. The molecule has 0 unspecified atom stereocenters. The van der Waals surface area contributed by atoms with Gasteiger partial charge in [-0.15, -0.1) is 0 Å². The molecule has 2 aromatic heterocycles. The summed E-state index contributed by atoms with van der Waals surface area (Å²) in [5.41, 5.74) is 2.70. The fourth-order valence-electron chi connectivity index (χ4n) is 2.04. The predicted molar refractivity (Wildman–Crippen MR) is 73.9 cm³/mol. The lowest BCUT2D eigenvalue weighted by Crippen LogP contribution is -2.00. The lowest BCUT2D eigenvalue weighted by atomic mass is 10.2. The molecule has 0 aliphatic carbocycles. The second-order valence-corrected chi connectivity index (χ2v) is 4.29. The zero-order valence-electron chi connectivity index (χ0n) is 11.1. The molecule has 0 aliphatic heterocycles. The van der Waals surface area contributed by atoms with Crippen LogP contribution in [-0.4, -0.2) is 25.2 Å². The second-order valence-electron chi connectivity index (χ2n) is 4.29. The predicted octanol–water partition coefficient (Wildman–Crippen LogP) is 3.22. The number of esters is 1. The summed E-state index contributed by atoms with van der Waals surface area (Å²) >= 11 is 0. The van der Waals surface area contributed by atoms with E-state index in [-0.39, 0.29) is 0 Å². The van der Waals surface area contributed by atoms with Gasteiger partial charge in [0.25, 0.3) is 0 Å². The van der Waals surface area contributed by atoms with Crippen LogP contribution in [0.15, 0.2) is 40.8 Å². The number of benzene rings is 1. The Kier molecular flexibility index (Phi) is 2.95. The van der Waals surface area contributed by atoms with Crippen molar-refractivity contribution in [1.82, 2.24) is 4.98 Å². The first-order chi connectivity index (χ1) is 9.71. The van der Waals surface area contributed by atoms with Gasteiger partial charge in [-0.3, -0.25) is 0 Å². The van der Waals surface area contributed by atoms with E-state index in [1.807, 2.05) is 30.3 Å². The molecule has 3 aromatic rings. The number of hydrogen-bond donors (Lipinski definition) is 1. The van der Waals surface area contributed by atoms with E-state index >= 15 is 0 Å². The number of H-pyrrole nitrogens is 1. The van der Waals surface area contributed by atoms with Crippen LogP contribution in [0.5, 0.6) is 5.75 Å². The Hall–Kier alpha value is -2.69. The number of carbonyl (C=O) groups excluding carboxylic acids is 1. The summed E-state index contributed by atoms with van der Waals surface area (Å²) in [7, 11) is 2.97. The summed E-state index contributed by atoms with van der Waals surface area (Å²) in [6.07, 6.45) is 0. The molecule has 2 heterocycles. The number of ether oxygens (including phenoxy) is 2. The maximum absolute atomic E-state index is 11.4. The van der Waals surface area contributed by atoms with Gasteiger partial charge in [-0.05, 0) is 24.3 Å². The molecule has 0 saturated heterocycles. The van der Waals surface area contributed by atoms with Crippen LogP contribution in [0.1, 0.15) is 10.5 Å². The molecule has 5 nitrogen and oxygen atoms in total. The second kappa shape index (κ2) is 4.77. The molecule has 3 rings (SSSR count). The third-order valence-electron chi connectivity index (χ3n) is 3.09. The Morgan fingerprint density at radius 2 is 1.90 bits per heavy atom. The summed E-state index contributed by atoms with van der Waals surface area (Å²) < 4.78 is 15.5. The molecule has 0 aliphatic rings. The minimum absolute atomic E-state index is 0.377. The summed E-state index contributed by atoms with van der Waals surface area (Å²) in [6.45, 7) is 0. The van der Waals surface area contributed by atoms with Gasteiger partial charge in [-0.2, -0.15) is 0 Å². The van der Waals surface area contributed by atoms with Crippen LogP contribution < -0.4 is 4.74 Å². The van der Waals surface area contributed by atoms with Gasteiger partial charge in [-0.1, -0.05) is 0 Å². The largest absolute Gasteiger partial charge is 0.497 e. The first-order valence-electron chi connectivity index (χ1n) is 6.06. The maximum Gasteiger partial charge on any atom is 0.354 e. The lowest BCUT2D eigenvalue weighted by Gasteiger charge is -2.00. The number of aromatic amines is 1. The van der Waals surface area contributed by atoms with Crippen LogP contribution >= 0.6 is 0 Å². The van der Waals surface area contributed by atoms with Crippen LogP contribution in [0, 0.1) is 0 Å². The number of carbonyl (C=O) groups is 1. The Morgan fingerprint density at radius 1 is 1.15 bits per heavy atom. The third-order valence-corrected chi connectivity index (χ3v) is 3.09. The lowest BCUT2D eigenvalue weighted by molar-refractivity contribution is 0.0595. The van der Waals surface area contributed by atoms with E-state index in [4.69, 9.17) is 9.15 Å². The van der Waals surface area contributed by atoms with Gasteiger partial charge in [0.15, 0.2) is 5.58 Å². The Balaban J connectivity index is 1.96. The minimum atomic E-state index is -0.414. The molecule has 20 heavy (non-hydrogen) atoms. The minimum Gasteiger partial charge on any atom is -0.497 e. The average Bonchev–Trinajstić information content (AvgIpc) is 3.05. The fraction of sp³-hybridized carbons (Fsp3) is 0.133. The number of nitrogens with one attached hydrogen (secondary N) is 1. The highest BCUT2D eigenvalue weighted by Crippen LogP contribution is 2.29. The molecular formula is C15H13NO4. The molecular weight excluding hydrogens is 258 g/mol. The van der Waals surface area contributed by atoms with Crippen molar-refractivity contribution >= 4 is 17.1 Å². The van der Waals surface area contributed by atoms with Crippen molar-refractivity contribution in [2.75, 3.05) is 14.2 Å². The number of aromatic nitrogens is 1. The molecule has 0 saturated carbocycles. The SMILES string of the molecule is COC(=O)c1cc2oc(-c3ccc(OC)cc3)cc2[nH]1. The van der Waals surface area contributed by atoms with Gasteiger partial charge in [0, 0.05) is 17.7 Å². The zero-order valence-corrected chi connectivity index (χ0v) is 11.1. The smallest absolute Gasteiger partial charge is 0.354 e. The van der Waals surface area contributed by atoms with E-state index in [1.54, 1.807) is 13.2 Å². The zero-order chi connectivity index (χ0) is 14.1. The first-order valence-corrected chi connectivity index (χ1v) is 6.06. The van der Waals surface area contributed by atoms with Crippen molar-refractivity contribution in [3.05, 3.63) is 42.1 Å². The van der Waals surface area contributed by atoms with Crippen LogP contribution in [0.2, 0.25) is 0 Å². The van der Waals surface area contributed by atoms with Gasteiger partial charge < -0.3 is 18.9 Å². The van der Waals surface area contributed by atoms with E-state index in [2.05, 4.69) is 9.72 Å². The van der Waals surface area contributed by atoms with Crippen molar-refractivity contribution in [3.63, 3.8) is 0 Å². The maximum atomic E-state index is 11.4. The van der Waals surface area contributed by atoms with Crippen molar-refractivity contribution in [3.8, 4) is 17.1 Å². The highest BCUT2D eigenvalue weighted by atomic mass is 16.5. The van der Waals surface area contributed by atoms with Gasteiger partial charge in [0.05, 0.1) is 19.7 Å². The topological polar surface area (TPSA) is 64.5 Å². The van der Waals surface area contributed by atoms with Gasteiger partial charge in [0.1, 0.15) is 17.2 Å². The molecule has 102 valence electrons. The summed E-state index contributed by atoms with van der Waals surface area (Å²) in [5.74, 6) is 1.10. The molecule has 0 radical (unpaired) electrons. The van der Waals surface area contributed by atoms with E-state index in [0.717, 1.165) is 22.6 Å². The van der Waals surface area contributed by atoms with Crippen LogP contribution in [0.3, 0.4) is 0 Å². The van der Waals surface area contributed by atoms with Crippen molar-refractivity contribution < 1.29 is 18.7 Å².